The number of esters is 2. The molecule has 0 saturated heterocycles. The van der Waals surface area contributed by atoms with E-state index in [4.69, 9.17) is 9.47 Å². The molecule has 0 saturated carbocycles. The van der Waals surface area contributed by atoms with E-state index >= 15 is 0 Å². The number of para-hydroxylation sites is 2. The minimum Gasteiger partial charge on any atom is -0.422 e. The van der Waals surface area contributed by atoms with E-state index in [9.17, 15) is 9.59 Å². The van der Waals surface area contributed by atoms with Crippen molar-refractivity contribution in [2.24, 2.45) is 0 Å². The fourth-order valence-corrected chi connectivity index (χ4v) is 2.88. The van der Waals surface area contributed by atoms with Crippen LogP contribution in [0.3, 0.4) is 0 Å². The molecule has 0 radical (unpaired) electrons. The van der Waals surface area contributed by atoms with Crippen LogP contribution >= 0.6 is 31.9 Å². The van der Waals surface area contributed by atoms with E-state index < -0.39 is 11.9 Å². The van der Waals surface area contributed by atoms with Gasteiger partial charge in [-0.25, -0.2) is 9.59 Å². The maximum absolute atomic E-state index is 12.4. The van der Waals surface area contributed by atoms with Crippen LogP contribution in [0.4, 0.5) is 0 Å². The quantitative estimate of drug-likeness (QED) is 0.361. The van der Waals surface area contributed by atoms with Crippen LogP contribution in [0.1, 0.15) is 20.7 Å². The highest BCUT2D eigenvalue weighted by Gasteiger charge is 2.15. The molecular formula is C20H12Br2O4. The van der Waals surface area contributed by atoms with E-state index in [1.807, 2.05) is 12.1 Å². The average Bonchev–Trinajstić information content (AvgIpc) is 2.65. The molecule has 0 spiro atoms. The van der Waals surface area contributed by atoms with Crippen molar-refractivity contribution < 1.29 is 19.1 Å². The zero-order valence-electron chi connectivity index (χ0n) is 13.3. The molecule has 0 aromatic heterocycles. The summed E-state index contributed by atoms with van der Waals surface area (Å²) < 4.78 is 12.0. The topological polar surface area (TPSA) is 52.6 Å². The van der Waals surface area contributed by atoms with Crippen LogP contribution in [0.5, 0.6) is 11.5 Å². The van der Waals surface area contributed by atoms with Crippen LogP contribution in [0.2, 0.25) is 0 Å². The van der Waals surface area contributed by atoms with Crippen LogP contribution in [0, 0.1) is 0 Å². The lowest BCUT2D eigenvalue weighted by Crippen LogP contribution is -2.12. The molecule has 3 aromatic carbocycles. The Morgan fingerprint density at radius 1 is 0.615 bits per heavy atom. The van der Waals surface area contributed by atoms with E-state index in [-0.39, 0.29) is 11.1 Å². The second-order valence-corrected chi connectivity index (χ2v) is 6.93. The maximum atomic E-state index is 12.4. The van der Waals surface area contributed by atoms with E-state index in [0.717, 1.165) is 0 Å². The number of ether oxygens (including phenoxy) is 2. The molecule has 6 heteroatoms. The fraction of sp³-hybridized carbons (Fsp3) is 0. The van der Waals surface area contributed by atoms with Gasteiger partial charge >= 0.3 is 11.9 Å². The summed E-state index contributed by atoms with van der Waals surface area (Å²) in [6.07, 6.45) is 0. The first-order valence-electron chi connectivity index (χ1n) is 7.58. The first-order valence-corrected chi connectivity index (χ1v) is 9.16. The molecule has 26 heavy (non-hydrogen) atoms. The predicted octanol–water partition coefficient (Wildman–Crippen LogP) is 5.65. The molecule has 130 valence electrons. The number of halogens is 2. The van der Waals surface area contributed by atoms with Crippen molar-refractivity contribution in [2.45, 2.75) is 0 Å². The van der Waals surface area contributed by atoms with Crippen molar-refractivity contribution in [3.63, 3.8) is 0 Å². The molecule has 0 aliphatic carbocycles. The first kappa shape index (κ1) is 18.4. The first-order chi connectivity index (χ1) is 12.5. The predicted molar refractivity (Wildman–Crippen MR) is 105 cm³/mol. The van der Waals surface area contributed by atoms with Crippen LogP contribution in [-0.2, 0) is 0 Å². The Labute approximate surface area is 167 Å². The Bertz CT molecular complexity index is 895. The van der Waals surface area contributed by atoms with Crippen LogP contribution < -0.4 is 9.47 Å². The van der Waals surface area contributed by atoms with Gasteiger partial charge in [0.1, 0.15) is 11.5 Å². The average molecular weight is 476 g/mol. The SMILES string of the molecule is O=C(Oc1ccccc1Br)c1cccc(C(=O)Oc2ccccc2Br)c1. The standard InChI is InChI=1S/C20H12Br2O4/c21-15-8-1-3-10-17(15)25-19(23)13-6-5-7-14(12-13)20(24)26-18-11-4-2-9-16(18)22/h1-12H. The van der Waals surface area contributed by atoms with Crippen molar-refractivity contribution in [1.29, 1.82) is 0 Å². The molecule has 0 atom stereocenters. The lowest BCUT2D eigenvalue weighted by molar-refractivity contribution is 0.0733. The van der Waals surface area contributed by atoms with E-state index in [1.165, 1.54) is 6.07 Å². The van der Waals surface area contributed by atoms with Gasteiger partial charge in [0, 0.05) is 0 Å². The lowest BCUT2D eigenvalue weighted by Gasteiger charge is -2.08. The number of hydrogen-bond acceptors (Lipinski definition) is 4. The number of carbonyl (C=O) groups excluding carboxylic acids is 2. The summed E-state index contributed by atoms with van der Waals surface area (Å²) in [7, 11) is 0. The van der Waals surface area contributed by atoms with Gasteiger partial charge in [-0.05, 0) is 74.3 Å². The fourth-order valence-electron chi connectivity index (χ4n) is 2.15. The third-order valence-electron chi connectivity index (χ3n) is 3.41. The lowest BCUT2D eigenvalue weighted by atomic mass is 10.1. The van der Waals surface area contributed by atoms with Crippen molar-refractivity contribution >= 4 is 43.8 Å². The van der Waals surface area contributed by atoms with Crippen molar-refractivity contribution in [3.05, 3.63) is 92.9 Å². The summed E-state index contributed by atoms with van der Waals surface area (Å²) in [6, 6.07) is 20.3. The Balaban J connectivity index is 1.77. The summed E-state index contributed by atoms with van der Waals surface area (Å²) in [5.41, 5.74) is 0.504. The van der Waals surface area contributed by atoms with Gasteiger partial charge < -0.3 is 9.47 Å². The Kier molecular flexibility index (Phi) is 5.85. The molecule has 3 rings (SSSR count). The minimum atomic E-state index is -0.563. The van der Waals surface area contributed by atoms with Crippen LogP contribution in [-0.4, -0.2) is 11.9 Å². The second-order valence-electron chi connectivity index (χ2n) is 5.22. The van der Waals surface area contributed by atoms with Crippen LogP contribution in [0.15, 0.2) is 81.7 Å². The van der Waals surface area contributed by atoms with Gasteiger partial charge in [0.25, 0.3) is 0 Å². The minimum absolute atomic E-state index is 0.252. The van der Waals surface area contributed by atoms with Gasteiger partial charge in [0.05, 0.1) is 20.1 Å². The molecule has 0 amide bonds. The molecule has 0 aliphatic rings. The number of benzene rings is 3. The van der Waals surface area contributed by atoms with Gasteiger partial charge in [-0.3, -0.25) is 0 Å². The normalized spacial score (nSPS) is 10.2. The third-order valence-corrected chi connectivity index (χ3v) is 4.72. The van der Waals surface area contributed by atoms with Crippen molar-refractivity contribution in [2.75, 3.05) is 0 Å². The maximum Gasteiger partial charge on any atom is 0.343 e. The molecule has 0 aliphatic heterocycles. The summed E-state index contributed by atoms with van der Waals surface area (Å²) >= 11 is 6.65. The van der Waals surface area contributed by atoms with Crippen LogP contribution in [0.25, 0.3) is 0 Å². The molecule has 0 N–H and O–H groups in total. The third kappa shape index (κ3) is 4.39. The molecule has 0 bridgehead atoms. The van der Waals surface area contributed by atoms with E-state index in [2.05, 4.69) is 31.9 Å². The summed E-state index contributed by atoms with van der Waals surface area (Å²) in [4.78, 5) is 24.7. The molecule has 0 unspecified atom stereocenters. The van der Waals surface area contributed by atoms with Gasteiger partial charge in [-0.1, -0.05) is 30.3 Å². The highest BCUT2D eigenvalue weighted by Crippen LogP contribution is 2.26. The van der Waals surface area contributed by atoms with E-state index in [0.29, 0.717) is 20.4 Å². The van der Waals surface area contributed by atoms with E-state index in [1.54, 1.807) is 54.6 Å². The zero-order valence-corrected chi connectivity index (χ0v) is 16.5. The number of rotatable bonds is 4. The highest BCUT2D eigenvalue weighted by molar-refractivity contribution is 9.10. The van der Waals surface area contributed by atoms with Crippen molar-refractivity contribution in [3.8, 4) is 11.5 Å². The smallest absolute Gasteiger partial charge is 0.343 e. The molecule has 3 aromatic rings. The Hall–Kier alpha value is -2.44. The monoisotopic (exact) mass is 474 g/mol. The van der Waals surface area contributed by atoms with Gasteiger partial charge in [-0.15, -0.1) is 0 Å². The summed E-state index contributed by atoms with van der Waals surface area (Å²) in [5.74, 6) is -0.322. The Morgan fingerprint density at radius 3 is 1.46 bits per heavy atom. The molecule has 0 fully saturated rings. The van der Waals surface area contributed by atoms with Crippen molar-refractivity contribution in [1.82, 2.24) is 0 Å². The molecular weight excluding hydrogens is 464 g/mol. The zero-order chi connectivity index (χ0) is 18.5. The summed E-state index contributed by atoms with van der Waals surface area (Å²) in [5, 5.41) is 0. The molecule has 0 heterocycles. The second kappa shape index (κ2) is 8.29. The number of hydrogen-bond donors (Lipinski definition) is 0. The summed E-state index contributed by atoms with van der Waals surface area (Å²) in [6.45, 7) is 0. The molecule has 4 nitrogen and oxygen atoms in total. The van der Waals surface area contributed by atoms with Gasteiger partial charge in [0.15, 0.2) is 0 Å². The highest BCUT2D eigenvalue weighted by atomic mass is 79.9. The van der Waals surface area contributed by atoms with Gasteiger partial charge in [-0.2, -0.15) is 0 Å². The number of carbonyl (C=O) groups is 2. The van der Waals surface area contributed by atoms with Gasteiger partial charge in [0.2, 0.25) is 0 Å². The Morgan fingerprint density at radius 2 is 1.04 bits per heavy atom. The largest absolute Gasteiger partial charge is 0.422 e.